The number of alkyl halides is 3. The second-order valence-corrected chi connectivity index (χ2v) is 8.21. The van der Waals surface area contributed by atoms with Crippen LogP contribution in [0, 0.1) is 5.92 Å². The summed E-state index contributed by atoms with van der Waals surface area (Å²) in [6.07, 6.45) is -3.91. The van der Waals surface area contributed by atoms with Crippen LogP contribution in [0.5, 0.6) is 0 Å². The lowest BCUT2D eigenvalue weighted by molar-refractivity contribution is -0.171. The molecule has 2 N–H and O–H groups in total. The molecule has 0 radical (unpaired) electrons. The summed E-state index contributed by atoms with van der Waals surface area (Å²) < 4.78 is 45.9. The first kappa shape index (κ1) is 22.3. The van der Waals surface area contributed by atoms with Crippen LogP contribution in [0.2, 0.25) is 0 Å². The van der Waals surface area contributed by atoms with Crippen LogP contribution in [-0.4, -0.2) is 60.0 Å². The van der Waals surface area contributed by atoms with E-state index in [1.54, 1.807) is 0 Å². The average Bonchev–Trinajstić information content (AvgIpc) is 3.07. The highest BCUT2D eigenvalue weighted by atomic mass is 19.4. The van der Waals surface area contributed by atoms with Crippen LogP contribution in [0.25, 0.3) is 0 Å². The zero-order valence-corrected chi connectivity index (χ0v) is 17.0. The number of hydrogen-bond acceptors (Lipinski definition) is 5. The third-order valence-corrected chi connectivity index (χ3v) is 6.16. The molecule has 3 aliphatic heterocycles. The van der Waals surface area contributed by atoms with E-state index in [1.165, 1.54) is 23.1 Å². The number of nitrogens with zero attached hydrogens (tertiary/aromatic N) is 1. The van der Waals surface area contributed by atoms with Gasteiger partial charge in [-0.3, -0.25) is 24.5 Å². The van der Waals surface area contributed by atoms with Crippen LogP contribution in [0.4, 0.5) is 13.2 Å². The van der Waals surface area contributed by atoms with Gasteiger partial charge in [0, 0.05) is 37.3 Å². The Morgan fingerprint density at radius 3 is 2.53 bits per heavy atom. The van der Waals surface area contributed by atoms with Crippen molar-refractivity contribution in [2.75, 3.05) is 13.2 Å². The zero-order valence-electron chi connectivity index (χ0n) is 17.0. The zero-order chi connectivity index (χ0) is 23.0. The number of nitrogens with one attached hydrogen (secondary N) is 2. The molecule has 172 valence electrons. The third kappa shape index (κ3) is 4.34. The van der Waals surface area contributed by atoms with Crippen molar-refractivity contribution in [1.29, 1.82) is 0 Å². The van der Waals surface area contributed by atoms with Gasteiger partial charge in [0.05, 0.1) is 0 Å². The topological polar surface area (TPSA) is 105 Å². The van der Waals surface area contributed by atoms with Gasteiger partial charge in [-0.2, -0.15) is 13.2 Å². The number of amides is 4. The van der Waals surface area contributed by atoms with E-state index in [2.05, 4.69) is 10.6 Å². The molecule has 32 heavy (non-hydrogen) atoms. The second-order valence-electron chi connectivity index (χ2n) is 8.21. The molecule has 11 heteroatoms. The van der Waals surface area contributed by atoms with Crippen molar-refractivity contribution in [2.45, 2.75) is 50.5 Å². The molecular weight excluding hydrogens is 431 g/mol. The number of hydrogen-bond donors (Lipinski definition) is 2. The Balaban J connectivity index is 1.50. The van der Waals surface area contributed by atoms with Gasteiger partial charge in [0.2, 0.25) is 11.8 Å². The van der Waals surface area contributed by atoms with Crippen molar-refractivity contribution in [3.05, 3.63) is 34.9 Å². The first-order valence-electron chi connectivity index (χ1n) is 10.4. The fourth-order valence-corrected chi connectivity index (χ4v) is 4.46. The van der Waals surface area contributed by atoms with Crippen molar-refractivity contribution in [3.63, 3.8) is 0 Å². The molecule has 4 amide bonds. The fraction of sp³-hybridized carbons (Fsp3) is 0.524. The van der Waals surface area contributed by atoms with Crippen LogP contribution in [0.1, 0.15) is 52.0 Å². The van der Waals surface area contributed by atoms with Crippen molar-refractivity contribution >= 4 is 23.6 Å². The van der Waals surface area contributed by atoms with Gasteiger partial charge in [0.1, 0.15) is 12.1 Å². The van der Waals surface area contributed by atoms with Crippen molar-refractivity contribution in [1.82, 2.24) is 15.5 Å². The number of piperidine rings is 1. The highest BCUT2D eigenvalue weighted by Crippen LogP contribution is 2.32. The second kappa shape index (κ2) is 8.53. The quantitative estimate of drug-likeness (QED) is 0.673. The minimum atomic E-state index is -4.60. The molecule has 4 rings (SSSR count). The summed E-state index contributed by atoms with van der Waals surface area (Å²) in [7, 11) is 0. The molecule has 0 bridgehead atoms. The SMILES string of the molecule is O=C1CCC(N2Cc3cc(C(=O)N[C@H](C4CCOCC4)C(F)(F)F)ccc3C2=O)C(=O)N1. The lowest BCUT2D eigenvalue weighted by Gasteiger charge is -2.32. The summed E-state index contributed by atoms with van der Waals surface area (Å²) in [4.78, 5) is 50.2. The predicted octanol–water partition coefficient (Wildman–Crippen LogP) is 1.53. The number of benzene rings is 1. The number of rotatable bonds is 4. The van der Waals surface area contributed by atoms with E-state index in [-0.39, 0.29) is 56.6 Å². The summed E-state index contributed by atoms with van der Waals surface area (Å²) in [5.74, 6) is -3.04. The van der Waals surface area contributed by atoms with Gasteiger partial charge in [0.25, 0.3) is 11.8 Å². The van der Waals surface area contributed by atoms with Gasteiger partial charge in [-0.1, -0.05) is 0 Å². The molecule has 2 saturated heterocycles. The molecule has 3 heterocycles. The van der Waals surface area contributed by atoms with Gasteiger partial charge in [-0.25, -0.2) is 0 Å². The van der Waals surface area contributed by atoms with E-state index < -0.39 is 47.8 Å². The van der Waals surface area contributed by atoms with E-state index in [0.29, 0.717) is 5.56 Å². The Bertz CT molecular complexity index is 958. The van der Waals surface area contributed by atoms with E-state index in [0.717, 1.165) is 0 Å². The Morgan fingerprint density at radius 2 is 1.88 bits per heavy atom. The molecule has 2 fully saturated rings. The van der Waals surface area contributed by atoms with Crippen LogP contribution in [-0.2, 0) is 20.9 Å². The smallest absolute Gasteiger partial charge is 0.381 e. The molecule has 0 aliphatic carbocycles. The van der Waals surface area contributed by atoms with Crippen LogP contribution < -0.4 is 10.6 Å². The maximum absolute atomic E-state index is 13.6. The largest absolute Gasteiger partial charge is 0.408 e. The normalized spacial score (nSPS) is 23.0. The first-order chi connectivity index (χ1) is 15.1. The predicted molar refractivity (Wildman–Crippen MR) is 103 cm³/mol. The van der Waals surface area contributed by atoms with Crippen molar-refractivity contribution in [3.8, 4) is 0 Å². The van der Waals surface area contributed by atoms with Gasteiger partial charge >= 0.3 is 6.18 Å². The van der Waals surface area contributed by atoms with Gasteiger partial charge < -0.3 is 15.0 Å². The first-order valence-corrected chi connectivity index (χ1v) is 10.4. The summed E-state index contributed by atoms with van der Waals surface area (Å²) in [5.41, 5.74) is 0.730. The molecule has 1 aromatic carbocycles. The highest BCUT2D eigenvalue weighted by Gasteiger charge is 2.46. The molecule has 1 aromatic rings. The van der Waals surface area contributed by atoms with Gasteiger partial charge in [-0.15, -0.1) is 0 Å². The van der Waals surface area contributed by atoms with Crippen LogP contribution >= 0.6 is 0 Å². The van der Waals surface area contributed by atoms with Crippen molar-refractivity contribution in [2.24, 2.45) is 5.92 Å². The third-order valence-electron chi connectivity index (χ3n) is 6.16. The molecule has 1 unspecified atom stereocenters. The van der Waals surface area contributed by atoms with Crippen molar-refractivity contribution < 1.29 is 37.1 Å². The summed E-state index contributed by atoms with van der Waals surface area (Å²) in [5, 5.41) is 4.31. The van der Waals surface area contributed by atoms with E-state index in [9.17, 15) is 32.3 Å². The number of imide groups is 1. The Morgan fingerprint density at radius 1 is 1.16 bits per heavy atom. The minimum absolute atomic E-state index is 0.00276. The molecular formula is C21H22F3N3O5. The fourth-order valence-electron chi connectivity index (χ4n) is 4.46. The lowest BCUT2D eigenvalue weighted by Crippen LogP contribution is -2.52. The van der Waals surface area contributed by atoms with Crippen LogP contribution in [0.3, 0.4) is 0 Å². The van der Waals surface area contributed by atoms with E-state index in [1.807, 2.05) is 0 Å². The Hall–Kier alpha value is -2.95. The molecule has 0 spiro atoms. The summed E-state index contributed by atoms with van der Waals surface area (Å²) >= 11 is 0. The van der Waals surface area contributed by atoms with Gasteiger partial charge in [-0.05, 0) is 48.9 Å². The molecule has 0 aromatic heterocycles. The maximum atomic E-state index is 13.6. The molecule has 2 atom stereocenters. The number of carbonyl (C=O) groups is 4. The molecule has 8 nitrogen and oxygen atoms in total. The maximum Gasteiger partial charge on any atom is 0.408 e. The highest BCUT2D eigenvalue weighted by molar-refractivity contribution is 6.06. The number of fused-ring (bicyclic) bond motifs is 1. The van der Waals surface area contributed by atoms with Gasteiger partial charge in [0.15, 0.2) is 0 Å². The Kier molecular flexibility index (Phi) is 5.93. The van der Waals surface area contributed by atoms with E-state index in [4.69, 9.17) is 4.74 Å². The number of ether oxygens (including phenoxy) is 1. The number of halogens is 3. The molecule has 3 aliphatic rings. The molecule has 0 saturated carbocycles. The summed E-state index contributed by atoms with van der Waals surface area (Å²) in [6, 6.07) is 1.26. The monoisotopic (exact) mass is 453 g/mol. The Labute approximate surface area is 181 Å². The van der Waals surface area contributed by atoms with E-state index >= 15 is 0 Å². The van der Waals surface area contributed by atoms with Crippen LogP contribution in [0.15, 0.2) is 18.2 Å². The summed E-state index contributed by atoms with van der Waals surface area (Å²) in [6.45, 7) is 0.457. The lowest BCUT2D eigenvalue weighted by atomic mass is 9.91. The standard InChI is InChI=1S/C21H22F3N3O5/c22-21(23,24)17(11-5-7-32-8-6-11)26-18(29)12-1-2-14-13(9-12)10-27(20(14)31)15-3-4-16(28)25-19(15)30/h1-2,9,11,15,17H,3-8,10H2,(H,26,29)(H,25,28,30)/t15?,17-/m1/s1. The average molecular weight is 453 g/mol. The number of carbonyl (C=O) groups excluding carboxylic acids is 4. The minimum Gasteiger partial charge on any atom is -0.381 e.